The Balaban J connectivity index is 1.36. The quantitative estimate of drug-likeness (QED) is 0.190. The largest absolute Gasteiger partial charge is 0.254 e. The van der Waals surface area contributed by atoms with Gasteiger partial charge in [0.15, 0.2) is 0 Å². The van der Waals surface area contributed by atoms with Gasteiger partial charge in [0.1, 0.15) is 0 Å². The Bertz CT molecular complexity index is 2390. The molecule has 194 valence electrons. The van der Waals surface area contributed by atoms with Gasteiger partial charge in [0.25, 0.3) is 0 Å². The molecule has 0 N–H and O–H groups in total. The molecule has 0 bridgehead atoms. The van der Waals surface area contributed by atoms with Gasteiger partial charge in [0, 0.05) is 43.1 Å². The monoisotopic (exact) mass is 550 g/mol. The smallest absolute Gasteiger partial charge is 0.0972 e. The zero-order valence-corrected chi connectivity index (χ0v) is 23.3. The fraction of sp³-hybridized carbons (Fsp3) is 0.0256. The first-order valence-electron chi connectivity index (χ1n) is 14.3. The number of hydrogen-bond donors (Lipinski definition) is 0. The molecule has 3 aromatic heterocycles. The van der Waals surface area contributed by atoms with Gasteiger partial charge < -0.3 is 0 Å². The third kappa shape index (κ3) is 2.65. The van der Waals surface area contributed by atoms with Gasteiger partial charge in [-0.1, -0.05) is 109 Å². The molecule has 2 aliphatic rings. The molecule has 10 rings (SSSR count). The highest BCUT2D eigenvalue weighted by Crippen LogP contribution is 2.67. The van der Waals surface area contributed by atoms with Crippen LogP contribution >= 0.6 is 11.3 Å². The van der Waals surface area contributed by atoms with Crippen molar-refractivity contribution in [2.45, 2.75) is 5.41 Å². The van der Waals surface area contributed by atoms with Gasteiger partial charge in [-0.3, -0.25) is 4.98 Å². The second kappa shape index (κ2) is 8.00. The lowest BCUT2D eigenvalue weighted by atomic mass is 9.73. The number of pyridine rings is 2. The molecule has 0 aliphatic heterocycles. The van der Waals surface area contributed by atoms with E-state index in [0.717, 1.165) is 27.5 Å². The molecule has 0 saturated carbocycles. The van der Waals surface area contributed by atoms with Crippen LogP contribution in [0.4, 0.5) is 0 Å². The van der Waals surface area contributed by atoms with Crippen molar-refractivity contribution in [3.05, 3.63) is 155 Å². The van der Waals surface area contributed by atoms with E-state index in [1.165, 1.54) is 59.5 Å². The van der Waals surface area contributed by atoms with Gasteiger partial charge in [0.2, 0.25) is 0 Å². The molecule has 1 spiro atoms. The SMILES string of the molecule is c1ccc2c(c1)-c1ccccc1C21c2cccc(-c3ccc4ccc5cccnc5c4n3)c2-c2c1sc1ccccc21. The first-order valence-corrected chi connectivity index (χ1v) is 15.2. The first-order chi connectivity index (χ1) is 20.8. The predicted octanol–water partition coefficient (Wildman–Crippen LogP) is 10.0. The second-order valence-corrected chi connectivity index (χ2v) is 12.3. The standard InChI is InChI=1S/C39H22N2S/c1-4-14-29-25(10-1)26-11-2-5-15-30(26)39(29)31-16-7-13-27(34(31)35-28-12-3-6-17-33(28)42-38(35)39)32-21-20-24-19-18-23-9-8-22-40-36(23)37(24)41-32/h1-22H. The van der Waals surface area contributed by atoms with E-state index in [1.54, 1.807) is 0 Å². The van der Waals surface area contributed by atoms with Crippen LogP contribution in [-0.4, -0.2) is 9.97 Å². The minimum atomic E-state index is -0.358. The minimum Gasteiger partial charge on any atom is -0.254 e. The Kier molecular flexibility index (Phi) is 4.29. The molecular weight excluding hydrogens is 529 g/mol. The number of thiophene rings is 1. The third-order valence-electron chi connectivity index (χ3n) is 9.31. The van der Waals surface area contributed by atoms with Crippen molar-refractivity contribution in [1.82, 2.24) is 9.97 Å². The van der Waals surface area contributed by atoms with E-state index in [9.17, 15) is 0 Å². The molecule has 0 radical (unpaired) electrons. The Morgan fingerprint density at radius 2 is 1.17 bits per heavy atom. The summed E-state index contributed by atoms with van der Waals surface area (Å²) in [6, 6.07) is 46.5. The summed E-state index contributed by atoms with van der Waals surface area (Å²) in [6.45, 7) is 0. The summed E-state index contributed by atoms with van der Waals surface area (Å²) in [5.41, 5.74) is 13.1. The molecule has 0 atom stereocenters. The van der Waals surface area contributed by atoms with Gasteiger partial charge >= 0.3 is 0 Å². The summed E-state index contributed by atoms with van der Waals surface area (Å²) in [5.74, 6) is 0. The van der Waals surface area contributed by atoms with Crippen LogP contribution in [0.1, 0.15) is 21.6 Å². The summed E-state index contributed by atoms with van der Waals surface area (Å²) in [5, 5.41) is 3.53. The maximum absolute atomic E-state index is 5.33. The molecule has 0 amide bonds. The lowest BCUT2D eigenvalue weighted by molar-refractivity contribution is 0.812. The molecule has 5 aromatic carbocycles. The zero-order chi connectivity index (χ0) is 27.4. The van der Waals surface area contributed by atoms with Gasteiger partial charge in [0.05, 0.1) is 22.1 Å². The summed E-state index contributed by atoms with van der Waals surface area (Å²) >= 11 is 1.94. The Hall–Kier alpha value is -5.12. The van der Waals surface area contributed by atoms with E-state index in [4.69, 9.17) is 9.97 Å². The fourth-order valence-corrected chi connectivity index (χ4v) is 9.11. The number of rotatable bonds is 1. The summed E-state index contributed by atoms with van der Waals surface area (Å²) in [6.07, 6.45) is 1.86. The molecule has 2 nitrogen and oxygen atoms in total. The minimum absolute atomic E-state index is 0.358. The van der Waals surface area contributed by atoms with E-state index in [1.807, 2.05) is 23.6 Å². The molecule has 3 heterocycles. The van der Waals surface area contributed by atoms with Crippen LogP contribution in [0.15, 0.2) is 134 Å². The van der Waals surface area contributed by atoms with Crippen LogP contribution in [0.3, 0.4) is 0 Å². The first kappa shape index (κ1) is 22.6. The maximum atomic E-state index is 5.33. The van der Waals surface area contributed by atoms with Crippen LogP contribution in [-0.2, 0) is 5.41 Å². The van der Waals surface area contributed by atoms with Crippen molar-refractivity contribution in [2.24, 2.45) is 0 Å². The molecule has 8 aromatic rings. The van der Waals surface area contributed by atoms with E-state index >= 15 is 0 Å². The van der Waals surface area contributed by atoms with Crippen LogP contribution in [0.25, 0.3) is 65.4 Å². The van der Waals surface area contributed by atoms with E-state index in [-0.39, 0.29) is 5.41 Å². The van der Waals surface area contributed by atoms with E-state index in [2.05, 4.69) is 121 Å². The van der Waals surface area contributed by atoms with Crippen LogP contribution in [0, 0.1) is 0 Å². The highest BCUT2D eigenvalue weighted by atomic mass is 32.1. The van der Waals surface area contributed by atoms with Crippen molar-refractivity contribution in [3.63, 3.8) is 0 Å². The molecule has 2 aliphatic carbocycles. The third-order valence-corrected chi connectivity index (χ3v) is 10.6. The van der Waals surface area contributed by atoms with Crippen molar-refractivity contribution < 1.29 is 0 Å². The predicted molar refractivity (Wildman–Crippen MR) is 174 cm³/mol. The van der Waals surface area contributed by atoms with Gasteiger partial charge in [-0.05, 0) is 51.6 Å². The van der Waals surface area contributed by atoms with E-state index in [0.29, 0.717) is 0 Å². The molecule has 3 heteroatoms. The fourth-order valence-electron chi connectivity index (χ4n) is 7.67. The van der Waals surface area contributed by atoms with Crippen LogP contribution in [0.5, 0.6) is 0 Å². The van der Waals surface area contributed by atoms with Gasteiger partial charge in [-0.25, -0.2) is 4.98 Å². The number of benzene rings is 5. The summed E-state index contributed by atoms with van der Waals surface area (Å²) in [7, 11) is 0. The average molecular weight is 551 g/mol. The number of nitrogens with zero attached hydrogens (tertiary/aromatic N) is 2. The molecule has 42 heavy (non-hydrogen) atoms. The van der Waals surface area contributed by atoms with Crippen LogP contribution in [0.2, 0.25) is 0 Å². The molecule has 0 saturated heterocycles. The van der Waals surface area contributed by atoms with Gasteiger partial charge in [-0.15, -0.1) is 11.3 Å². The van der Waals surface area contributed by atoms with Crippen molar-refractivity contribution in [1.29, 1.82) is 0 Å². The number of aromatic nitrogens is 2. The average Bonchev–Trinajstić information content (AvgIpc) is 3.68. The second-order valence-electron chi connectivity index (χ2n) is 11.3. The van der Waals surface area contributed by atoms with Crippen molar-refractivity contribution >= 4 is 43.2 Å². The normalized spacial score (nSPS) is 13.9. The van der Waals surface area contributed by atoms with Crippen molar-refractivity contribution in [3.8, 4) is 33.5 Å². The summed E-state index contributed by atoms with van der Waals surface area (Å²) in [4.78, 5) is 11.5. The zero-order valence-electron chi connectivity index (χ0n) is 22.5. The van der Waals surface area contributed by atoms with Crippen molar-refractivity contribution in [2.75, 3.05) is 0 Å². The summed E-state index contributed by atoms with van der Waals surface area (Å²) < 4.78 is 1.32. The highest BCUT2D eigenvalue weighted by molar-refractivity contribution is 7.20. The number of fused-ring (bicyclic) bond motifs is 15. The van der Waals surface area contributed by atoms with E-state index < -0.39 is 0 Å². The van der Waals surface area contributed by atoms with Gasteiger partial charge in [-0.2, -0.15) is 0 Å². The lowest BCUT2D eigenvalue weighted by Crippen LogP contribution is -2.24. The molecule has 0 unspecified atom stereocenters. The highest BCUT2D eigenvalue weighted by Gasteiger charge is 2.53. The lowest BCUT2D eigenvalue weighted by Gasteiger charge is -2.29. The Morgan fingerprint density at radius 3 is 2.00 bits per heavy atom. The molecular formula is C39H22N2S. The number of hydrogen-bond acceptors (Lipinski definition) is 3. The Morgan fingerprint density at radius 1 is 0.500 bits per heavy atom. The van der Waals surface area contributed by atoms with Crippen LogP contribution < -0.4 is 0 Å². The molecule has 0 fully saturated rings. The topological polar surface area (TPSA) is 25.8 Å². The Labute approximate surface area is 246 Å². The maximum Gasteiger partial charge on any atom is 0.0972 e.